The Kier molecular flexibility index (Phi) is 3.79. The average molecular weight is 332 g/mol. The molecule has 0 unspecified atom stereocenters. The molecule has 1 heterocycles. The number of nitrogens with zero attached hydrogens (tertiary/aromatic N) is 1. The van der Waals surface area contributed by atoms with Gasteiger partial charge in [0.1, 0.15) is 7.85 Å². The summed E-state index contributed by atoms with van der Waals surface area (Å²) in [7, 11) is 4.11. The van der Waals surface area contributed by atoms with Crippen LogP contribution >= 0.6 is 0 Å². The van der Waals surface area contributed by atoms with Crippen molar-refractivity contribution in [2.75, 3.05) is 5.32 Å². The number of carbonyl (C=O) groups is 1. The van der Waals surface area contributed by atoms with Crippen molar-refractivity contribution in [2.45, 2.75) is 19.3 Å². The Morgan fingerprint density at radius 2 is 2.12 bits per heavy atom. The maximum Gasteiger partial charge on any atom is 0.337 e. The number of hydrogen-bond donors (Lipinski definition) is 2. The smallest absolute Gasteiger partial charge is 0.337 e. The van der Waals surface area contributed by atoms with Crippen molar-refractivity contribution in [3.63, 3.8) is 0 Å². The monoisotopic (exact) mass is 332 g/mol. The van der Waals surface area contributed by atoms with Gasteiger partial charge in [-0.2, -0.15) is 0 Å². The van der Waals surface area contributed by atoms with Crippen molar-refractivity contribution in [3.8, 4) is 0 Å². The molecule has 1 aromatic carbocycles. The van der Waals surface area contributed by atoms with Gasteiger partial charge < -0.3 is 15.0 Å². The Bertz CT molecular complexity index is 961. The summed E-state index contributed by atoms with van der Waals surface area (Å²) in [4.78, 5) is 11.8. The second-order valence-corrected chi connectivity index (χ2v) is 6.98. The van der Waals surface area contributed by atoms with Gasteiger partial charge in [0.15, 0.2) is 0 Å². The zero-order chi connectivity index (χ0) is 17.6. The van der Waals surface area contributed by atoms with Crippen LogP contribution in [0.2, 0.25) is 0 Å². The standard InChI is InChI=1S/C20H21BN2O2/c1-23-8-7-14-9-15(11-17(21)19(14)23)22-18-4-2-3-13(12-5-6-12)10-16(18)20(24)25/h3-4,7-12,22H,2,5-6,21H2,1H3,(H,24,25). The molecule has 1 saturated carbocycles. The number of aliphatic carboxylic acids is 1. The summed E-state index contributed by atoms with van der Waals surface area (Å²) in [5.41, 5.74) is 5.48. The van der Waals surface area contributed by atoms with E-state index in [1.165, 1.54) is 29.4 Å². The van der Waals surface area contributed by atoms with E-state index in [0.29, 0.717) is 17.2 Å². The molecule has 0 aliphatic heterocycles. The summed E-state index contributed by atoms with van der Waals surface area (Å²) in [6.45, 7) is 0. The van der Waals surface area contributed by atoms with Crippen molar-refractivity contribution >= 4 is 35.9 Å². The van der Waals surface area contributed by atoms with Crippen LogP contribution < -0.4 is 10.8 Å². The normalized spacial score (nSPS) is 17.6. The van der Waals surface area contributed by atoms with E-state index in [0.717, 1.165) is 17.5 Å². The number of carboxylic acid groups (broad SMARTS) is 1. The Labute approximate surface area is 147 Å². The molecular weight excluding hydrogens is 311 g/mol. The highest BCUT2D eigenvalue weighted by Gasteiger charge is 2.27. The van der Waals surface area contributed by atoms with Gasteiger partial charge >= 0.3 is 5.97 Å². The summed E-state index contributed by atoms with van der Waals surface area (Å²) in [5.74, 6) is -0.338. The fraction of sp³-hybridized carbons (Fsp3) is 0.250. The molecule has 0 bridgehead atoms. The van der Waals surface area contributed by atoms with E-state index in [2.05, 4.69) is 42.0 Å². The van der Waals surface area contributed by atoms with Gasteiger partial charge in [0, 0.05) is 35.5 Å². The number of carboxylic acids is 1. The molecule has 0 radical (unpaired) electrons. The van der Waals surface area contributed by atoms with Crippen LogP contribution in [0.15, 0.2) is 59.5 Å². The lowest BCUT2D eigenvalue weighted by molar-refractivity contribution is -0.132. The first-order chi connectivity index (χ1) is 12.0. The van der Waals surface area contributed by atoms with Crippen LogP contribution in [0, 0.1) is 5.92 Å². The van der Waals surface area contributed by atoms with Crippen molar-refractivity contribution < 1.29 is 9.90 Å². The second-order valence-electron chi connectivity index (χ2n) is 6.98. The summed E-state index contributed by atoms with van der Waals surface area (Å²) < 4.78 is 2.10. The van der Waals surface area contributed by atoms with Crippen LogP contribution in [-0.4, -0.2) is 23.5 Å². The third-order valence-electron chi connectivity index (χ3n) is 5.00. The third kappa shape index (κ3) is 3.02. The molecule has 1 aromatic heterocycles. The van der Waals surface area contributed by atoms with E-state index < -0.39 is 5.97 Å². The number of rotatable bonds is 4. The quantitative estimate of drug-likeness (QED) is 0.846. The molecule has 0 spiro atoms. The van der Waals surface area contributed by atoms with Gasteiger partial charge in [-0.15, -0.1) is 0 Å². The molecule has 4 rings (SSSR count). The number of anilines is 1. The predicted molar refractivity (Wildman–Crippen MR) is 104 cm³/mol. The van der Waals surface area contributed by atoms with Gasteiger partial charge in [-0.05, 0) is 55.0 Å². The number of nitrogens with one attached hydrogen (secondary N) is 1. The maximum atomic E-state index is 11.8. The minimum absolute atomic E-state index is 0.349. The van der Waals surface area contributed by atoms with Gasteiger partial charge in [0.2, 0.25) is 0 Å². The van der Waals surface area contributed by atoms with E-state index in [9.17, 15) is 9.90 Å². The number of hydrogen-bond acceptors (Lipinski definition) is 2. The zero-order valence-corrected chi connectivity index (χ0v) is 14.5. The maximum absolute atomic E-state index is 11.8. The highest BCUT2D eigenvalue weighted by molar-refractivity contribution is 6.38. The first kappa shape index (κ1) is 15.8. The van der Waals surface area contributed by atoms with E-state index in [1.807, 2.05) is 25.4 Å². The molecule has 25 heavy (non-hydrogen) atoms. The van der Waals surface area contributed by atoms with Gasteiger partial charge in [-0.25, -0.2) is 4.79 Å². The van der Waals surface area contributed by atoms with E-state index in [1.54, 1.807) is 0 Å². The van der Waals surface area contributed by atoms with E-state index in [-0.39, 0.29) is 0 Å². The highest BCUT2D eigenvalue weighted by atomic mass is 16.4. The third-order valence-corrected chi connectivity index (χ3v) is 5.00. The van der Waals surface area contributed by atoms with Gasteiger partial charge in [-0.1, -0.05) is 17.6 Å². The van der Waals surface area contributed by atoms with Crippen LogP contribution in [0.1, 0.15) is 19.3 Å². The minimum Gasteiger partial charge on any atom is -0.478 e. The van der Waals surface area contributed by atoms with Crippen molar-refractivity contribution in [1.29, 1.82) is 0 Å². The summed E-state index contributed by atoms with van der Waals surface area (Å²) >= 11 is 0. The number of aromatic nitrogens is 1. The fourth-order valence-electron chi connectivity index (χ4n) is 3.63. The van der Waals surface area contributed by atoms with Gasteiger partial charge in [0.05, 0.1) is 5.57 Å². The van der Waals surface area contributed by atoms with Crippen LogP contribution in [0.4, 0.5) is 5.69 Å². The molecule has 4 nitrogen and oxygen atoms in total. The Balaban J connectivity index is 1.68. The molecule has 1 fully saturated rings. The zero-order valence-electron chi connectivity index (χ0n) is 14.5. The molecule has 2 aromatic rings. The molecule has 0 saturated heterocycles. The van der Waals surface area contributed by atoms with Crippen molar-refractivity contribution in [1.82, 2.24) is 4.57 Å². The largest absolute Gasteiger partial charge is 0.478 e. The summed E-state index contributed by atoms with van der Waals surface area (Å²) in [6, 6.07) is 6.22. The summed E-state index contributed by atoms with van der Waals surface area (Å²) in [5, 5.41) is 14.2. The predicted octanol–water partition coefficient (Wildman–Crippen LogP) is 2.48. The lowest BCUT2D eigenvalue weighted by atomic mass is 9.93. The van der Waals surface area contributed by atoms with E-state index >= 15 is 0 Å². The molecule has 2 N–H and O–H groups in total. The van der Waals surface area contributed by atoms with Crippen molar-refractivity contribution in [2.24, 2.45) is 13.0 Å². The lowest BCUT2D eigenvalue weighted by Crippen LogP contribution is -2.13. The Morgan fingerprint density at radius 1 is 1.32 bits per heavy atom. The highest BCUT2D eigenvalue weighted by Crippen LogP contribution is 2.39. The topological polar surface area (TPSA) is 54.3 Å². The Morgan fingerprint density at radius 3 is 2.84 bits per heavy atom. The average Bonchev–Trinajstić information content (AvgIpc) is 3.34. The SMILES string of the molecule is Bc1cc(NC2=CCC=C(C3CC3)C=C2C(=O)O)cc2ccn(C)c12. The molecule has 2 aliphatic carbocycles. The molecule has 2 aliphatic rings. The van der Waals surface area contributed by atoms with Gasteiger partial charge in [0.25, 0.3) is 0 Å². The van der Waals surface area contributed by atoms with Gasteiger partial charge in [-0.3, -0.25) is 0 Å². The molecule has 0 atom stereocenters. The van der Waals surface area contributed by atoms with Crippen LogP contribution in [0.5, 0.6) is 0 Å². The second kappa shape index (κ2) is 5.99. The molecular formula is C20H21BN2O2. The number of allylic oxidation sites excluding steroid dienone is 4. The lowest BCUT2D eigenvalue weighted by Gasteiger charge is -2.13. The van der Waals surface area contributed by atoms with Crippen LogP contribution in [-0.2, 0) is 11.8 Å². The molecule has 5 heteroatoms. The number of fused-ring (bicyclic) bond motifs is 1. The first-order valence-corrected chi connectivity index (χ1v) is 8.71. The Hall–Kier alpha value is -2.69. The number of aryl methyl sites for hydroxylation is 1. The molecule has 126 valence electrons. The fourth-order valence-corrected chi connectivity index (χ4v) is 3.63. The summed E-state index contributed by atoms with van der Waals surface area (Å²) in [6.07, 6.45) is 11.1. The molecule has 0 amide bonds. The van der Waals surface area contributed by atoms with E-state index in [4.69, 9.17) is 0 Å². The first-order valence-electron chi connectivity index (χ1n) is 8.71. The number of benzene rings is 1. The van der Waals surface area contributed by atoms with Crippen LogP contribution in [0.3, 0.4) is 0 Å². The minimum atomic E-state index is -0.885. The van der Waals surface area contributed by atoms with Crippen LogP contribution in [0.25, 0.3) is 10.9 Å². The van der Waals surface area contributed by atoms with Crippen molar-refractivity contribution in [3.05, 3.63) is 59.5 Å².